The summed E-state index contributed by atoms with van der Waals surface area (Å²) in [4.78, 5) is 11.0. The highest BCUT2D eigenvalue weighted by Crippen LogP contribution is 2.24. The monoisotopic (exact) mass is 410 g/mol. The Morgan fingerprint density at radius 3 is 2.70 bits per heavy atom. The van der Waals surface area contributed by atoms with E-state index in [-0.39, 0.29) is 5.82 Å². The molecule has 30 heavy (non-hydrogen) atoms. The molecule has 158 valence electrons. The predicted molar refractivity (Wildman–Crippen MR) is 116 cm³/mol. The van der Waals surface area contributed by atoms with Crippen molar-refractivity contribution >= 4 is 22.5 Å². The Balaban J connectivity index is 1.28. The summed E-state index contributed by atoms with van der Waals surface area (Å²) < 4.78 is 15.9. The van der Waals surface area contributed by atoms with Gasteiger partial charge in [0.05, 0.1) is 11.2 Å². The van der Waals surface area contributed by atoms with Crippen LogP contribution >= 0.6 is 0 Å². The van der Waals surface area contributed by atoms with Crippen LogP contribution in [0.4, 0.5) is 10.3 Å². The van der Waals surface area contributed by atoms with Crippen LogP contribution in [-0.2, 0) is 13.6 Å². The van der Waals surface area contributed by atoms with Crippen LogP contribution in [0.5, 0.6) is 0 Å². The molecular weight excluding hydrogens is 383 g/mol. The largest absolute Gasteiger partial charge is 0.348 e. The van der Waals surface area contributed by atoms with Crippen LogP contribution in [0.25, 0.3) is 16.6 Å². The lowest BCUT2D eigenvalue weighted by molar-refractivity contribution is 0.225. The highest BCUT2D eigenvalue weighted by molar-refractivity contribution is 5.84. The van der Waals surface area contributed by atoms with Gasteiger partial charge in [0.25, 0.3) is 0 Å². The number of nitrogens with zero attached hydrogens (tertiary/aromatic N) is 4. The molecule has 1 aliphatic heterocycles. The zero-order valence-corrected chi connectivity index (χ0v) is 17.1. The van der Waals surface area contributed by atoms with Crippen LogP contribution in [0.1, 0.15) is 24.0 Å². The summed E-state index contributed by atoms with van der Waals surface area (Å²) in [7, 11) is 1.88. The lowest BCUT2D eigenvalue weighted by Crippen LogP contribution is -2.38. The van der Waals surface area contributed by atoms with E-state index >= 15 is 0 Å². The van der Waals surface area contributed by atoms with Gasteiger partial charge in [-0.15, -0.1) is 0 Å². The Bertz CT molecular complexity index is 1020. The van der Waals surface area contributed by atoms with E-state index in [2.05, 4.69) is 26.8 Å². The first-order chi connectivity index (χ1) is 14.6. The van der Waals surface area contributed by atoms with Crippen molar-refractivity contribution in [2.75, 3.05) is 24.5 Å². The molecule has 3 N–H and O–H groups in total. The van der Waals surface area contributed by atoms with Crippen LogP contribution in [0, 0.1) is 11.7 Å². The third-order valence-corrected chi connectivity index (χ3v) is 5.80. The quantitative estimate of drug-likeness (QED) is 0.520. The third kappa shape index (κ3) is 4.15. The average molecular weight is 410 g/mol. The van der Waals surface area contributed by atoms with E-state index in [1.807, 2.05) is 29.4 Å². The maximum atomic E-state index is 14.1. The molecule has 1 saturated heterocycles. The number of hydroxylamine groups is 1. The van der Waals surface area contributed by atoms with Crippen molar-refractivity contribution in [2.45, 2.75) is 19.4 Å². The number of hydrogen-bond donors (Lipinski definition) is 3. The third-order valence-electron chi connectivity index (χ3n) is 5.80. The van der Waals surface area contributed by atoms with E-state index in [1.165, 1.54) is 6.07 Å². The second kappa shape index (κ2) is 8.81. The Morgan fingerprint density at radius 1 is 1.27 bits per heavy atom. The topological polar surface area (TPSA) is 78.2 Å². The molecule has 0 spiro atoms. The lowest BCUT2D eigenvalue weighted by Gasteiger charge is -2.32. The van der Waals surface area contributed by atoms with Crippen LogP contribution in [-0.4, -0.2) is 39.4 Å². The highest BCUT2D eigenvalue weighted by Gasteiger charge is 2.21. The Labute approximate surface area is 175 Å². The Morgan fingerprint density at radius 2 is 2.00 bits per heavy atom. The minimum absolute atomic E-state index is 0.180. The summed E-state index contributed by atoms with van der Waals surface area (Å²) in [5.41, 5.74) is 4.83. The molecule has 2 aromatic heterocycles. The average Bonchev–Trinajstić information content (AvgIpc) is 3.10. The van der Waals surface area contributed by atoms with Gasteiger partial charge >= 0.3 is 0 Å². The van der Waals surface area contributed by atoms with E-state index in [1.54, 1.807) is 18.5 Å². The maximum Gasteiger partial charge on any atom is 0.225 e. The van der Waals surface area contributed by atoms with Crippen molar-refractivity contribution < 1.29 is 9.60 Å². The van der Waals surface area contributed by atoms with Gasteiger partial charge in [0.2, 0.25) is 5.95 Å². The van der Waals surface area contributed by atoms with E-state index in [4.69, 9.17) is 5.21 Å². The molecule has 0 atom stereocenters. The Kier molecular flexibility index (Phi) is 5.96. The number of rotatable bonds is 7. The lowest BCUT2D eigenvalue weighted by atomic mass is 9.97. The molecule has 0 aliphatic carbocycles. The van der Waals surface area contributed by atoms with Gasteiger partial charge in [-0.25, -0.2) is 14.4 Å². The van der Waals surface area contributed by atoms with Crippen molar-refractivity contribution in [3.63, 3.8) is 0 Å². The molecule has 1 aromatic carbocycles. The van der Waals surface area contributed by atoms with Crippen molar-refractivity contribution in [2.24, 2.45) is 13.0 Å². The number of aromatic nitrogens is 3. The van der Waals surface area contributed by atoms with Gasteiger partial charge in [0.15, 0.2) is 0 Å². The number of benzene rings is 1. The van der Waals surface area contributed by atoms with Crippen LogP contribution in [0.3, 0.4) is 0 Å². The number of halogens is 1. The Hall–Kier alpha value is -2.97. The minimum atomic E-state index is -0.180. The molecule has 4 rings (SSSR count). The number of fused-ring (bicyclic) bond motifs is 1. The van der Waals surface area contributed by atoms with Crippen LogP contribution < -0.4 is 15.7 Å². The molecule has 3 heterocycles. The minimum Gasteiger partial charge on any atom is -0.348 e. The van der Waals surface area contributed by atoms with E-state index in [0.29, 0.717) is 28.6 Å². The van der Waals surface area contributed by atoms with E-state index < -0.39 is 0 Å². The number of anilines is 1. The fourth-order valence-electron chi connectivity index (χ4n) is 4.09. The SMILES string of the molecule is C=C(NO)c1cnc(N2CCC(CNCc3cn(C)c4c(F)cccc34)CC2)nc1. The van der Waals surface area contributed by atoms with Crippen LogP contribution in [0.15, 0.2) is 43.4 Å². The second-order valence-corrected chi connectivity index (χ2v) is 7.82. The van der Waals surface area contributed by atoms with Crippen molar-refractivity contribution in [1.82, 2.24) is 25.3 Å². The van der Waals surface area contributed by atoms with E-state index in [0.717, 1.165) is 50.0 Å². The molecule has 7 nitrogen and oxygen atoms in total. The molecule has 8 heteroatoms. The summed E-state index contributed by atoms with van der Waals surface area (Å²) in [6, 6.07) is 5.25. The normalized spacial score (nSPS) is 15.0. The fraction of sp³-hybridized carbons (Fsp3) is 0.364. The van der Waals surface area contributed by atoms with Gasteiger partial charge < -0.3 is 14.8 Å². The maximum absolute atomic E-state index is 14.1. The first-order valence-corrected chi connectivity index (χ1v) is 10.2. The molecule has 0 bridgehead atoms. The highest BCUT2D eigenvalue weighted by atomic mass is 19.1. The van der Waals surface area contributed by atoms with Crippen LogP contribution in [0.2, 0.25) is 0 Å². The summed E-state index contributed by atoms with van der Waals surface area (Å²) in [5.74, 6) is 1.11. The predicted octanol–water partition coefficient (Wildman–Crippen LogP) is 3.06. The van der Waals surface area contributed by atoms with Gasteiger partial charge in [-0.3, -0.25) is 10.7 Å². The smallest absolute Gasteiger partial charge is 0.225 e. The number of aryl methyl sites for hydroxylation is 1. The van der Waals surface area contributed by atoms with Gasteiger partial charge in [-0.05, 0) is 36.9 Å². The van der Waals surface area contributed by atoms with E-state index in [9.17, 15) is 4.39 Å². The second-order valence-electron chi connectivity index (χ2n) is 7.82. The summed E-state index contributed by atoms with van der Waals surface area (Å²) in [5, 5.41) is 13.4. The van der Waals surface area contributed by atoms with Crippen molar-refractivity contribution in [1.29, 1.82) is 0 Å². The summed E-state index contributed by atoms with van der Waals surface area (Å²) in [6.07, 6.45) is 7.45. The fourth-order valence-corrected chi connectivity index (χ4v) is 4.09. The molecule has 0 amide bonds. The summed E-state index contributed by atoms with van der Waals surface area (Å²) in [6.45, 7) is 7.16. The molecule has 0 saturated carbocycles. The van der Waals surface area contributed by atoms with Crippen molar-refractivity contribution in [3.8, 4) is 0 Å². The number of para-hydroxylation sites is 1. The number of piperidine rings is 1. The van der Waals surface area contributed by atoms with Gasteiger partial charge in [0, 0.05) is 56.2 Å². The van der Waals surface area contributed by atoms with Gasteiger partial charge in [-0.2, -0.15) is 0 Å². The molecule has 0 radical (unpaired) electrons. The van der Waals surface area contributed by atoms with Gasteiger partial charge in [-0.1, -0.05) is 18.7 Å². The molecule has 1 aliphatic rings. The molecule has 1 fully saturated rings. The summed E-state index contributed by atoms with van der Waals surface area (Å²) >= 11 is 0. The first-order valence-electron chi connectivity index (χ1n) is 10.2. The zero-order valence-electron chi connectivity index (χ0n) is 17.1. The van der Waals surface area contributed by atoms with Gasteiger partial charge in [0.1, 0.15) is 5.82 Å². The number of hydrogen-bond acceptors (Lipinski definition) is 6. The molecular formula is C22H27FN6O. The molecule has 0 unspecified atom stereocenters. The number of nitrogens with one attached hydrogen (secondary N) is 2. The standard InChI is InChI=1S/C22H27FN6O/c1-15(27-30)17-12-25-22(26-13-17)29-8-6-16(7-9-29)10-24-11-18-14-28(2)21-19(18)4-3-5-20(21)23/h3-5,12-14,16,24,27,30H,1,6-11H2,2H3. The molecule has 3 aromatic rings. The van der Waals surface area contributed by atoms with Crippen molar-refractivity contribution in [3.05, 3.63) is 60.3 Å². The zero-order chi connectivity index (χ0) is 21.1. The first kappa shape index (κ1) is 20.3.